The van der Waals surface area contributed by atoms with Crippen LogP contribution < -0.4 is 10.6 Å². The maximum absolute atomic E-state index is 11.3. The van der Waals surface area contributed by atoms with Gasteiger partial charge in [-0.3, -0.25) is 10.1 Å². The lowest BCUT2D eigenvalue weighted by molar-refractivity contribution is -0.515. The summed E-state index contributed by atoms with van der Waals surface area (Å²) in [6.07, 6.45) is 1.87. The molecular formula is C8H9N2O2+. The quantitative estimate of drug-likeness (QED) is 0.425. The van der Waals surface area contributed by atoms with E-state index in [-0.39, 0.29) is 11.8 Å². The lowest BCUT2D eigenvalue weighted by atomic mass is 10.1. The van der Waals surface area contributed by atoms with Gasteiger partial charge in [-0.2, -0.15) is 0 Å². The Hall–Kier alpha value is -1.42. The topological polar surface area (TPSA) is 62.8 Å². The maximum atomic E-state index is 11.3. The summed E-state index contributed by atoms with van der Waals surface area (Å²) in [6.45, 7) is 2.34. The zero-order valence-corrected chi connectivity index (χ0v) is 6.68. The van der Waals surface area contributed by atoms with Gasteiger partial charge in [-0.1, -0.05) is 0 Å². The molecule has 2 aliphatic heterocycles. The van der Waals surface area contributed by atoms with Gasteiger partial charge < -0.3 is 5.32 Å². The Bertz CT molecular complexity index is 339. The van der Waals surface area contributed by atoms with Gasteiger partial charge in [0.25, 0.3) is 5.91 Å². The number of nitrogens with two attached hydrogens (primary N) is 1. The van der Waals surface area contributed by atoms with Crippen molar-refractivity contribution in [3.05, 3.63) is 22.9 Å². The van der Waals surface area contributed by atoms with Crippen LogP contribution in [0.2, 0.25) is 0 Å². The van der Waals surface area contributed by atoms with Crippen LogP contribution in [0.5, 0.6) is 0 Å². The number of allylic oxidation sites excluding steroid dienone is 1. The molecule has 0 unspecified atom stereocenters. The van der Waals surface area contributed by atoms with Crippen LogP contribution in [0.15, 0.2) is 22.9 Å². The van der Waals surface area contributed by atoms with Crippen LogP contribution in [0.3, 0.4) is 0 Å². The highest BCUT2D eigenvalue weighted by Gasteiger charge is 2.33. The minimum absolute atomic E-state index is 0.167. The van der Waals surface area contributed by atoms with E-state index in [0.29, 0.717) is 12.1 Å². The van der Waals surface area contributed by atoms with E-state index in [1.54, 1.807) is 0 Å². The van der Waals surface area contributed by atoms with E-state index < -0.39 is 0 Å². The van der Waals surface area contributed by atoms with Crippen LogP contribution >= 0.6 is 0 Å². The van der Waals surface area contributed by atoms with Crippen molar-refractivity contribution in [2.24, 2.45) is 0 Å². The number of carbonyl (C=O) groups is 2. The van der Waals surface area contributed by atoms with Crippen LogP contribution in [-0.4, -0.2) is 18.4 Å². The van der Waals surface area contributed by atoms with E-state index in [0.717, 1.165) is 11.3 Å². The van der Waals surface area contributed by atoms with Gasteiger partial charge in [0, 0.05) is 19.5 Å². The highest BCUT2D eigenvalue weighted by molar-refractivity contribution is 6.18. The van der Waals surface area contributed by atoms with Gasteiger partial charge >= 0.3 is 5.91 Å². The fraction of sp³-hybridized carbons (Fsp3) is 0.250. The number of primary amides is 1. The highest BCUT2D eigenvalue weighted by Crippen LogP contribution is 2.14. The molecule has 0 aliphatic carbocycles. The first-order valence-electron chi connectivity index (χ1n) is 3.77. The van der Waals surface area contributed by atoms with E-state index >= 15 is 0 Å². The van der Waals surface area contributed by atoms with Gasteiger partial charge in [-0.05, 0) is 5.57 Å². The summed E-state index contributed by atoms with van der Waals surface area (Å²) in [5.41, 5.74) is 2.06. The molecule has 0 aromatic heterocycles. The lowest BCUT2D eigenvalue weighted by Gasteiger charge is -2.05. The maximum Gasteiger partial charge on any atom is 0.353 e. The molecule has 2 aliphatic rings. The summed E-state index contributed by atoms with van der Waals surface area (Å²) in [5.74, 6) is -0.407. The zero-order valence-electron chi connectivity index (χ0n) is 6.68. The van der Waals surface area contributed by atoms with Crippen molar-refractivity contribution in [3.63, 3.8) is 0 Å². The van der Waals surface area contributed by atoms with Crippen molar-refractivity contribution >= 4 is 11.8 Å². The first-order chi connectivity index (χ1) is 5.68. The van der Waals surface area contributed by atoms with Crippen molar-refractivity contribution in [3.8, 4) is 0 Å². The molecule has 0 radical (unpaired) electrons. The van der Waals surface area contributed by atoms with Crippen molar-refractivity contribution in [2.45, 2.75) is 6.92 Å². The van der Waals surface area contributed by atoms with Crippen LogP contribution in [0.1, 0.15) is 6.92 Å². The Labute approximate surface area is 69.3 Å². The van der Waals surface area contributed by atoms with Crippen LogP contribution in [-0.2, 0) is 9.59 Å². The molecule has 0 bridgehead atoms. The molecule has 2 heterocycles. The molecule has 2 amide bonds. The van der Waals surface area contributed by atoms with E-state index in [2.05, 4.69) is 5.32 Å². The predicted molar refractivity (Wildman–Crippen MR) is 40.7 cm³/mol. The van der Waals surface area contributed by atoms with Crippen molar-refractivity contribution in [1.82, 2.24) is 5.32 Å². The fourth-order valence-corrected chi connectivity index (χ4v) is 1.49. The molecule has 0 aromatic rings. The van der Waals surface area contributed by atoms with E-state index in [9.17, 15) is 9.59 Å². The highest BCUT2D eigenvalue weighted by atomic mass is 16.2. The largest absolute Gasteiger partial charge is 0.353 e. The Morgan fingerprint density at radius 1 is 1.50 bits per heavy atom. The van der Waals surface area contributed by atoms with Crippen molar-refractivity contribution < 1.29 is 14.9 Å². The second-order valence-corrected chi connectivity index (χ2v) is 2.98. The van der Waals surface area contributed by atoms with Gasteiger partial charge in [0.05, 0.1) is 0 Å². The smallest absolute Gasteiger partial charge is 0.348 e. The lowest BCUT2D eigenvalue weighted by Crippen LogP contribution is -2.87. The Morgan fingerprint density at radius 3 is 3.00 bits per heavy atom. The SMILES string of the molecule is CC1=CC2=C(C(=O)NC2)C(=O)[NH2+]1. The summed E-state index contributed by atoms with van der Waals surface area (Å²) < 4.78 is 0. The predicted octanol–water partition coefficient (Wildman–Crippen LogP) is -1.58. The zero-order chi connectivity index (χ0) is 8.72. The second kappa shape index (κ2) is 2.28. The van der Waals surface area contributed by atoms with Crippen LogP contribution in [0.4, 0.5) is 0 Å². The molecule has 0 saturated heterocycles. The number of amides is 2. The number of carbonyl (C=O) groups excluding carboxylic acids is 2. The third-order valence-electron chi connectivity index (χ3n) is 1.99. The van der Waals surface area contributed by atoms with Gasteiger partial charge in [-0.15, -0.1) is 0 Å². The summed E-state index contributed by atoms with van der Waals surface area (Å²) in [4.78, 5) is 22.4. The number of quaternary nitrogens is 1. The first-order valence-corrected chi connectivity index (χ1v) is 3.77. The standard InChI is InChI=1S/C8H8N2O2/c1-4-2-5-3-9-7(11)6(5)8(12)10-4/h2H,3H2,1H3,(H,9,11)(H,10,12)/p+1. The molecule has 3 N–H and O–H groups in total. The molecule has 4 heteroatoms. The Kier molecular flexibility index (Phi) is 1.38. The average molecular weight is 165 g/mol. The van der Waals surface area contributed by atoms with Crippen molar-refractivity contribution in [2.75, 3.05) is 6.54 Å². The molecule has 0 aromatic carbocycles. The summed E-state index contributed by atoms with van der Waals surface area (Å²) in [7, 11) is 0. The second-order valence-electron chi connectivity index (χ2n) is 2.98. The monoisotopic (exact) mass is 165 g/mol. The minimum Gasteiger partial charge on any atom is -0.348 e. The molecule has 2 rings (SSSR count). The van der Waals surface area contributed by atoms with Crippen LogP contribution in [0.25, 0.3) is 0 Å². The van der Waals surface area contributed by atoms with Crippen LogP contribution in [0, 0.1) is 0 Å². The number of rotatable bonds is 0. The third kappa shape index (κ3) is 0.887. The van der Waals surface area contributed by atoms with Crippen molar-refractivity contribution in [1.29, 1.82) is 0 Å². The van der Waals surface area contributed by atoms with E-state index in [4.69, 9.17) is 0 Å². The molecule has 12 heavy (non-hydrogen) atoms. The minimum atomic E-state index is -0.241. The summed E-state index contributed by atoms with van der Waals surface area (Å²) in [5, 5.41) is 4.10. The molecule has 0 fully saturated rings. The van der Waals surface area contributed by atoms with Gasteiger partial charge in [0.2, 0.25) is 0 Å². The normalized spacial score (nSPS) is 22.2. The Balaban J connectivity index is 2.50. The molecular weight excluding hydrogens is 156 g/mol. The van der Waals surface area contributed by atoms with Gasteiger partial charge in [-0.25, -0.2) is 4.79 Å². The Morgan fingerprint density at radius 2 is 2.25 bits per heavy atom. The number of hydrogen-bond acceptors (Lipinski definition) is 2. The van der Waals surface area contributed by atoms with E-state index in [1.807, 2.05) is 13.0 Å². The molecule has 0 saturated carbocycles. The first kappa shape index (κ1) is 7.24. The molecule has 62 valence electrons. The molecule has 4 nitrogen and oxygen atoms in total. The summed E-state index contributed by atoms with van der Waals surface area (Å²) >= 11 is 0. The number of nitrogens with one attached hydrogen (secondary N) is 1. The van der Waals surface area contributed by atoms with Gasteiger partial charge in [0.15, 0.2) is 0 Å². The average Bonchev–Trinajstić information content (AvgIpc) is 2.31. The molecule has 0 spiro atoms. The fourth-order valence-electron chi connectivity index (χ4n) is 1.49. The van der Waals surface area contributed by atoms with E-state index in [1.165, 1.54) is 5.32 Å². The summed E-state index contributed by atoms with van der Waals surface area (Å²) in [6, 6.07) is 0. The molecule has 0 atom stereocenters. The third-order valence-corrected chi connectivity index (χ3v) is 1.99. The number of hydrogen-bond donors (Lipinski definition) is 2. The van der Waals surface area contributed by atoms with Gasteiger partial charge in [0.1, 0.15) is 11.3 Å².